The van der Waals surface area contributed by atoms with Gasteiger partial charge < -0.3 is 39.7 Å². The smallest absolute Gasteiger partial charge is 0.407 e. The van der Waals surface area contributed by atoms with E-state index in [-0.39, 0.29) is 59.2 Å². The molecular formula is C43H48F2N8O6. The molecule has 3 aliphatic heterocycles. The molecule has 0 unspecified atom stereocenters. The maximum absolute atomic E-state index is 16.9. The molecule has 3 N–H and O–H groups in total. The standard InChI is InChI=1S/C43H48F2N8O6/c1-21(2)35(50-40(56)58-6)38(54)52-19-24(46-5)15-32(52)37-47-18-31(49-37)23-8-9-25-26-10-11-29-27(34(26)43(44,45)28(25)14-23)16-30(48-29)33-17-42(12-13-42)20-53(33)39(55)36(22(3)4)51-41(57)59-7/h8-11,14,18,21-22,24,32-33,35-36H,12-13,15-17,19-20H2,1-4,6-7H3,(H,47,49)(H,50,56)(H,51,57)/t24-,32-,33-,35-,36-/m0/s1. The number of alkyl halides is 2. The Bertz CT molecular complexity index is 2310. The van der Waals surface area contributed by atoms with Gasteiger partial charge in [0.05, 0.1) is 56.8 Å². The number of halogens is 2. The fourth-order valence-corrected chi connectivity index (χ4v) is 9.36. The van der Waals surface area contributed by atoms with Crippen LogP contribution in [0.25, 0.3) is 27.2 Å². The van der Waals surface area contributed by atoms with Gasteiger partial charge in [-0.05, 0) is 65.3 Å². The lowest BCUT2D eigenvalue weighted by molar-refractivity contribution is -0.135. The fourth-order valence-electron chi connectivity index (χ4n) is 9.36. The monoisotopic (exact) mass is 810 g/mol. The number of hydrogen-bond donors (Lipinski definition) is 3. The predicted octanol–water partition coefficient (Wildman–Crippen LogP) is 6.53. The lowest BCUT2D eigenvalue weighted by Crippen LogP contribution is -2.53. The van der Waals surface area contributed by atoms with Crippen LogP contribution < -0.4 is 10.6 Å². The summed E-state index contributed by atoms with van der Waals surface area (Å²) >= 11 is 0. The highest BCUT2D eigenvalue weighted by Gasteiger charge is 2.56. The molecule has 0 radical (unpaired) electrons. The van der Waals surface area contributed by atoms with Gasteiger partial charge in [-0.3, -0.25) is 14.6 Å². The number of aromatic amines is 1. The summed E-state index contributed by atoms with van der Waals surface area (Å²) in [6.07, 6.45) is 3.23. The minimum absolute atomic E-state index is 0.0298. The SMILES string of the molecule is [C-]#[N+][C@H]1C[C@@H](c2ncc(-c3ccc4c(c3)C(F)(F)c3c-4ccc4c3CC([C@@H]3CC5(CC5)CN3C(=O)[C@@H](NC(=O)OC)C(C)C)=N4)[nH]2)N(C(=O)[C@@H](NC(=O)OC)C(C)C)C1. The van der Waals surface area contributed by atoms with Crippen LogP contribution >= 0.6 is 0 Å². The first-order valence-corrected chi connectivity index (χ1v) is 20.1. The zero-order valence-corrected chi connectivity index (χ0v) is 33.9. The molecule has 8 rings (SSSR count). The molecule has 5 aliphatic rings. The Balaban J connectivity index is 1.05. The summed E-state index contributed by atoms with van der Waals surface area (Å²) in [6.45, 7) is 15.7. The van der Waals surface area contributed by atoms with Gasteiger partial charge in [-0.1, -0.05) is 45.9 Å². The van der Waals surface area contributed by atoms with Gasteiger partial charge in [0.2, 0.25) is 17.9 Å². The van der Waals surface area contributed by atoms with Crippen LogP contribution in [0.1, 0.15) is 81.9 Å². The Morgan fingerprint density at radius 3 is 2.19 bits per heavy atom. The summed E-state index contributed by atoms with van der Waals surface area (Å²) in [6, 6.07) is 5.22. The van der Waals surface area contributed by atoms with Crippen LogP contribution in [0.5, 0.6) is 0 Å². The highest BCUT2D eigenvalue weighted by atomic mass is 19.3. The number of nitrogens with one attached hydrogen (secondary N) is 3. The van der Waals surface area contributed by atoms with E-state index in [2.05, 4.69) is 25.4 Å². The third-order valence-electron chi connectivity index (χ3n) is 12.8. The second kappa shape index (κ2) is 14.8. The molecule has 1 spiro atoms. The number of ether oxygens (including phenoxy) is 2. The van der Waals surface area contributed by atoms with Crippen molar-refractivity contribution in [3.8, 4) is 22.4 Å². The lowest BCUT2D eigenvalue weighted by Gasteiger charge is -2.31. The number of carbonyl (C=O) groups is 4. The van der Waals surface area contributed by atoms with Gasteiger partial charge in [0, 0.05) is 35.4 Å². The molecule has 3 fully saturated rings. The number of rotatable bonds is 9. The highest BCUT2D eigenvalue weighted by molar-refractivity contribution is 6.03. The summed E-state index contributed by atoms with van der Waals surface area (Å²) in [4.78, 5) is 71.9. The molecule has 16 heteroatoms. The minimum Gasteiger partial charge on any atom is -0.453 e. The number of amides is 4. The largest absolute Gasteiger partial charge is 0.453 e. The van der Waals surface area contributed by atoms with E-state index in [0.29, 0.717) is 64.6 Å². The van der Waals surface area contributed by atoms with Gasteiger partial charge in [-0.15, -0.1) is 0 Å². The summed E-state index contributed by atoms with van der Waals surface area (Å²) < 4.78 is 43.3. The van der Waals surface area contributed by atoms with E-state index < -0.39 is 42.3 Å². The van der Waals surface area contributed by atoms with Gasteiger partial charge in [0.1, 0.15) is 17.9 Å². The van der Waals surface area contributed by atoms with Gasteiger partial charge in [0.25, 0.3) is 5.92 Å². The molecule has 310 valence electrons. The number of aliphatic imine (C=N–C) groups is 1. The quantitative estimate of drug-likeness (QED) is 0.207. The van der Waals surface area contributed by atoms with Gasteiger partial charge >= 0.3 is 12.2 Å². The highest BCUT2D eigenvalue weighted by Crippen LogP contribution is 2.58. The second-order valence-corrected chi connectivity index (χ2v) is 17.2. The van der Waals surface area contributed by atoms with Gasteiger partial charge in [-0.2, -0.15) is 8.78 Å². The van der Waals surface area contributed by atoms with Gasteiger partial charge in [-0.25, -0.2) is 21.1 Å². The number of aromatic nitrogens is 2. The van der Waals surface area contributed by atoms with Crippen LogP contribution in [0.4, 0.5) is 24.1 Å². The van der Waals surface area contributed by atoms with E-state index in [1.807, 2.05) is 13.8 Å². The summed E-state index contributed by atoms with van der Waals surface area (Å²) in [7, 11) is 2.47. The maximum atomic E-state index is 16.9. The van der Waals surface area contributed by atoms with Crippen LogP contribution in [-0.2, 0) is 31.4 Å². The number of fused-ring (bicyclic) bond motifs is 5. The Morgan fingerprint density at radius 2 is 1.58 bits per heavy atom. The molecule has 1 saturated carbocycles. The molecule has 2 saturated heterocycles. The number of benzene rings is 2. The van der Waals surface area contributed by atoms with Crippen LogP contribution in [0, 0.1) is 23.8 Å². The fraction of sp³-hybridized carbons (Fsp3) is 0.512. The van der Waals surface area contributed by atoms with E-state index in [1.54, 1.807) is 54.1 Å². The Hall–Kier alpha value is -5.85. The van der Waals surface area contributed by atoms with Crippen LogP contribution in [-0.4, -0.2) is 101 Å². The predicted molar refractivity (Wildman–Crippen MR) is 213 cm³/mol. The summed E-state index contributed by atoms with van der Waals surface area (Å²) in [5, 5.41) is 5.30. The number of likely N-dealkylation sites (tertiary alicyclic amines) is 2. The molecule has 0 bridgehead atoms. The number of H-pyrrole nitrogens is 1. The van der Waals surface area contributed by atoms with Crippen molar-refractivity contribution in [2.75, 3.05) is 27.3 Å². The van der Waals surface area contributed by atoms with Gasteiger partial charge in [0.15, 0.2) is 0 Å². The topological polar surface area (TPSA) is 163 Å². The Kier molecular flexibility index (Phi) is 9.99. The van der Waals surface area contributed by atoms with Crippen molar-refractivity contribution in [2.24, 2.45) is 22.2 Å². The molecule has 2 aromatic carbocycles. The Morgan fingerprint density at radius 1 is 0.932 bits per heavy atom. The number of nitrogens with zero attached hydrogens (tertiary/aromatic N) is 5. The zero-order chi connectivity index (χ0) is 42.1. The number of methoxy groups -OCH3 is 2. The van der Waals surface area contributed by atoms with Crippen molar-refractivity contribution in [3.63, 3.8) is 0 Å². The van der Waals surface area contributed by atoms with Crippen molar-refractivity contribution < 1.29 is 37.4 Å². The zero-order valence-electron chi connectivity index (χ0n) is 33.9. The maximum Gasteiger partial charge on any atom is 0.407 e. The molecule has 4 amide bonds. The number of carbonyl (C=O) groups excluding carboxylic acids is 4. The molecule has 5 atom stereocenters. The third-order valence-corrected chi connectivity index (χ3v) is 12.8. The van der Waals surface area contributed by atoms with Crippen LogP contribution in [0.2, 0.25) is 0 Å². The van der Waals surface area contributed by atoms with E-state index in [9.17, 15) is 19.2 Å². The molecule has 1 aromatic heterocycles. The van der Waals surface area contributed by atoms with Crippen LogP contribution in [0.3, 0.4) is 0 Å². The van der Waals surface area contributed by atoms with Crippen molar-refractivity contribution in [3.05, 3.63) is 70.5 Å². The molecule has 14 nitrogen and oxygen atoms in total. The van der Waals surface area contributed by atoms with Crippen molar-refractivity contribution >= 4 is 35.4 Å². The number of alkyl carbamates (subject to hydrolysis) is 2. The van der Waals surface area contributed by atoms with E-state index in [1.165, 1.54) is 20.3 Å². The van der Waals surface area contributed by atoms with E-state index in [4.69, 9.17) is 21.0 Å². The first kappa shape index (κ1) is 40.0. The minimum atomic E-state index is -3.36. The third kappa shape index (κ3) is 6.87. The normalized spacial score (nSPS) is 22.7. The van der Waals surface area contributed by atoms with Crippen molar-refractivity contribution in [2.45, 2.75) is 95.9 Å². The molecule has 4 heterocycles. The summed E-state index contributed by atoms with van der Waals surface area (Å²) in [5.74, 6) is -4.03. The van der Waals surface area contributed by atoms with Crippen molar-refractivity contribution in [1.29, 1.82) is 0 Å². The molecule has 59 heavy (non-hydrogen) atoms. The second-order valence-electron chi connectivity index (χ2n) is 17.2. The average molecular weight is 811 g/mol. The molecular weight excluding hydrogens is 763 g/mol. The molecule has 3 aromatic rings. The first-order valence-electron chi connectivity index (χ1n) is 20.1. The van der Waals surface area contributed by atoms with Crippen LogP contribution in [0.15, 0.2) is 41.5 Å². The molecule has 2 aliphatic carbocycles. The number of hydrogen-bond acceptors (Lipinski definition) is 8. The number of imidazole rings is 1. The van der Waals surface area contributed by atoms with Crippen molar-refractivity contribution in [1.82, 2.24) is 30.4 Å². The first-order chi connectivity index (χ1) is 28.1. The Labute approximate surface area is 340 Å². The van der Waals surface area contributed by atoms with E-state index >= 15 is 8.78 Å². The summed E-state index contributed by atoms with van der Waals surface area (Å²) in [5.41, 5.74) is 3.12. The average Bonchev–Trinajstić information content (AvgIpc) is 3.74. The van der Waals surface area contributed by atoms with E-state index in [0.717, 1.165) is 12.8 Å². The lowest BCUT2D eigenvalue weighted by atomic mass is 9.93.